The minimum absolute atomic E-state index is 0.187. The van der Waals surface area contributed by atoms with Crippen molar-refractivity contribution in [2.45, 2.75) is 45.8 Å². The van der Waals surface area contributed by atoms with E-state index in [0.717, 1.165) is 30.8 Å². The van der Waals surface area contributed by atoms with Gasteiger partial charge in [0.25, 0.3) is 0 Å². The maximum atomic E-state index is 9.97. The SMILES string of the molecule is CCCOc1ccc(C(O)COC(C)CC)cc1. The van der Waals surface area contributed by atoms with Gasteiger partial charge in [0.15, 0.2) is 0 Å². The highest BCUT2D eigenvalue weighted by molar-refractivity contribution is 5.28. The largest absolute Gasteiger partial charge is 0.494 e. The minimum atomic E-state index is -0.570. The summed E-state index contributed by atoms with van der Waals surface area (Å²) in [6.07, 6.45) is 1.56. The maximum absolute atomic E-state index is 9.97. The van der Waals surface area contributed by atoms with Gasteiger partial charge in [0.1, 0.15) is 11.9 Å². The molecule has 3 heteroatoms. The Bertz CT molecular complexity index is 321. The summed E-state index contributed by atoms with van der Waals surface area (Å²) in [6, 6.07) is 7.54. The van der Waals surface area contributed by atoms with Crippen molar-refractivity contribution in [3.63, 3.8) is 0 Å². The van der Waals surface area contributed by atoms with Gasteiger partial charge < -0.3 is 14.6 Å². The van der Waals surface area contributed by atoms with Crippen LogP contribution in [0.1, 0.15) is 45.3 Å². The van der Waals surface area contributed by atoms with E-state index >= 15 is 0 Å². The summed E-state index contributed by atoms with van der Waals surface area (Å²) in [6.45, 7) is 7.21. The third-order valence-electron chi connectivity index (χ3n) is 2.85. The van der Waals surface area contributed by atoms with Crippen LogP contribution in [-0.4, -0.2) is 24.4 Å². The quantitative estimate of drug-likeness (QED) is 0.771. The number of aliphatic hydroxyl groups is 1. The molecule has 0 saturated heterocycles. The molecule has 3 nitrogen and oxygen atoms in total. The number of rotatable bonds is 8. The van der Waals surface area contributed by atoms with Crippen LogP contribution in [0, 0.1) is 0 Å². The summed E-state index contributed by atoms with van der Waals surface area (Å²) in [5, 5.41) is 9.97. The molecule has 18 heavy (non-hydrogen) atoms. The van der Waals surface area contributed by atoms with Gasteiger partial charge in [-0.2, -0.15) is 0 Å². The van der Waals surface area contributed by atoms with Crippen LogP contribution in [-0.2, 0) is 4.74 Å². The summed E-state index contributed by atoms with van der Waals surface area (Å²) in [7, 11) is 0. The van der Waals surface area contributed by atoms with Gasteiger partial charge in [0.05, 0.1) is 19.3 Å². The van der Waals surface area contributed by atoms with Crippen molar-refractivity contribution in [2.75, 3.05) is 13.2 Å². The van der Waals surface area contributed by atoms with Crippen molar-refractivity contribution >= 4 is 0 Å². The lowest BCUT2D eigenvalue weighted by Crippen LogP contribution is -2.13. The Morgan fingerprint density at radius 2 is 1.83 bits per heavy atom. The Balaban J connectivity index is 2.45. The van der Waals surface area contributed by atoms with E-state index in [1.54, 1.807) is 0 Å². The molecule has 0 spiro atoms. The van der Waals surface area contributed by atoms with Gasteiger partial charge in [-0.1, -0.05) is 26.0 Å². The fourth-order valence-corrected chi connectivity index (χ4v) is 1.48. The van der Waals surface area contributed by atoms with E-state index in [2.05, 4.69) is 13.8 Å². The molecule has 0 aliphatic heterocycles. The Morgan fingerprint density at radius 3 is 2.39 bits per heavy atom. The van der Waals surface area contributed by atoms with Gasteiger partial charge in [0, 0.05) is 0 Å². The second-order valence-electron chi connectivity index (χ2n) is 4.49. The topological polar surface area (TPSA) is 38.7 Å². The molecule has 0 saturated carbocycles. The molecule has 1 N–H and O–H groups in total. The number of aliphatic hydroxyl groups excluding tert-OH is 1. The zero-order chi connectivity index (χ0) is 13.4. The van der Waals surface area contributed by atoms with Crippen molar-refractivity contribution in [2.24, 2.45) is 0 Å². The van der Waals surface area contributed by atoms with Gasteiger partial charge >= 0.3 is 0 Å². The Hall–Kier alpha value is -1.06. The molecule has 102 valence electrons. The van der Waals surface area contributed by atoms with E-state index in [4.69, 9.17) is 9.47 Å². The van der Waals surface area contributed by atoms with Crippen molar-refractivity contribution in [1.82, 2.24) is 0 Å². The van der Waals surface area contributed by atoms with Gasteiger partial charge in [-0.15, -0.1) is 0 Å². The molecule has 0 aromatic heterocycles. The fraction of sp³-hybridized carbons (Fsp3) is 0.600. The number of benzene rings is 1. The van der Waals surface area contributed by atoms with Crippen LogP contribution in [0.15, 0.2) is 24.3 Å². The number of ether oxygens (including phenoxy) is 2. The molecule has 0 aliphatic rings. The van der Waals surface area contributed by atoms with E-state index < -0.39 is 6.10 Å². The summed E-state index contributed by atoms with van der Waals surface area (Å²) < 4.78 is 11.0. The highest BCUT2D eigenvalue weighted by Gasteiger charge is 2.09. The smallest absolute Gasteiger partial charge is 0.119 e. The van der Waals surface area contributed by atoms with Crippen LogP contribution < -0.4 is 4.74 Å². The van der Waals surface area contributed by atoms with Crippen molar-refractivity contribution in [1.29, 1.82) is 0 Å². The molecule has 0 heterocycles. The van der Waals surface area contributed by atoms with Crippen molar-refractivity contribution < 1.29 is 14.6 Å². The van der Waals surface area contributed by atoms with Gasteiger partial charge in [-0.25, -0.2) is 0 Å². The molecule has 0 fully saturated rings. The molecule has 0 radical (unpaired) electrons. The molecule has 2 atom stereocenters. The molecule has 1 aromatic carbocycles. The van der Waals surface area contributed by atoms with Crippen LogP contribution >= 0.6 is 0 Å². The average Bonchev–Trinajstić information content (AvgIpc) is 2.42. The lowest BCUT2D eigenvalue weighted by Gasteiger charge is -2.15. The van der Waals surface area contributed by atoms with Crippen LogP contribution in [0.4, 0.5) is 0 Å². The molecule has 0 bridgehead atoms. The Kier molecular flexibility index (Phi) is 6.76. The first kappa shape index (κ1) is 15.0. The lowest BCUT2D eigenvalue weighted by molar-refractivity contribution is -0.00376. The van der Waals surface area contributed by atoms with Crippen molar-refractivity contribution in [3.05, 3.63) is 29.8 Å². The predicted octanol–water partition coefficient (Wildman–Crippen LogP) is 3.32. The van der Waals surface area contributed by atoms with Crippen LogP contribution in [0.3, 0.4) is 0 Å². The predicted molar refractivity (Wildman–Crippen MR) is 72.9 cm³/mol. The van der Waals surface area contributed by atoms with Gasteiger partial charge in [-0.3, -0.25) is 0 Å². The molecule has 0 amide bonds. The molecule has 2 unspecified atom stereocenters. The standard InChI is InChI=1S/C15H24O3/c1-4-10-17-14-8-6-13(7-9-14)15(16)11-18-12(3)5-2/h6-9,12,15-16H,4-5,10-11H2,1-3H3. The van der Waals surface area contributed by atoms with Crippen LogP contribution in [0.2, 0.25) is 0 Å². The van der Waals surface area contributed by atoms with E-state index in [1.165, 1.54) is 0 Å². The van der Waals surface area contributed by atoms with Crippen LogP contribution in [0.5, 0.6) is 5.75 Å². The highest BCUT2D eigenvalue weighted by atomic mass is 16.5. The summed E-state index contributed by atoms with van der Waals surface area (Å²) in [5.74, 6) is 0.843. The first-order valence-corrected chi connectivity index (χ1v) is 6.69. The molecule has 0 aliphatic carbocycles. The zero-order valence-electron chi connectivity index (χ0n) is 11.6. The first-order chi connectivity index (χ1) is 8.67. The summed E-state index contributed by atoms with van der Waals surface area (Å²) in [5.41, 5.74) is 0.863. The van der Waals surface area contributed by atoms with E-state index in [9.17, 15) is 5.11 Å². The van der Waals surface area contributed by atoms with Gasteiger partial charge in [0.2, 0.25) is 0 Å². The summed E-state index contributed by atoms with van der Waals surface area (Å²) in [4.78, 5) is 0. The maximum Gasteiger partial charge on any atom is 0.119 e. The molecular weight excluding hydrogens is 228 g/mol. The van der Waals surface area contributed by atoms with E-state index in [-0.39, 0.29) is 6.10 Å². The third kappa shape index (κ3) is 5.07. The molecular formula is C15H24O3. The first-order valence-electron chi connectivity index (χ1n) is 6.69. The van der Waals surface area contributed by atoms with Crippen LogP contribution in [0.25, 0.3) is 0 Å². The molecule has 1 aromatic rings. The lowest BCUT2D eigenvalue weighted by atomic mass is 10.1. The minimum Gasteiger partial charge on any atom is -0.494 e. The second kappa shape index (κ2) is 8.11. The normalized spacial score (nSPS) is 14.2. The highest BCUT2D eigenvalue weighted by Crippen LogP contribution is 2.18. The number of hydrogen-bond donors (Lipinski definition) is 1. The van der Waals surface area contributed by atoms with E-state index in [1.807, 2.05) is 31.2 Å². The Labute approximate surface area is 110 Å². The molecule has 1 rings (SSSR count). The summed E-state index contributed by atoms with van der Waals surface area (Å²) >= 11 is 0. The van der Waals surface area contributed by atoms with Gasteiger partial charge in [-0.05, 0) is 37.5 Å². The third-order valence-corrected chi connectivity index (χ3v) is 2.85. The number of hydrogen-bond acceptors (Lipinski definition) is 3. The van der Waals surface area contributed by atoms with Crippen molar-refractivity contribution in [3.8, 4) is 5.75 Å². The fourth-order valence-electron chi connectivity index (χ4n) is 1.48. The monoisotopic (exact) mass is 252 g/mol. The second-order valence-corrected chi connectivity index (χ2v) is 4.49. The van der Waals surface area contributed by atoms with E-state index in [0.29, 0.717) is 6.61 Å². The Morgan fingerprint density at radius 1 is 1.17 bits per heavy atom. The average molecular weight is 252 g/mol. The zero-order valence-corrected chi connectivity index (χ0v) is 11.6.